The molecule has 25 heavy (non-hydrogen) atoms. The highest BCUT2D eigenvalue weighted by molar-refractivity contribution is 6.06. The van der Waals surface area contributed by atoms with Crippen molar-refractivity contribution in [3.05, 3.63) is 59.4 Å². The summed E-state index contributed by atoms with van der Waals surface area (Å²) in [6.45, 7) is 1.51. The summed E-state index contributed by atoms with van der Waals surface area (Å²) in [5, 5.41) is 11.6. The Morgan fingerprint density at radius 1 is 1.04 bits per heavy atom. The molecule has 2 amide bonds. The molecule has 7 nitrogen and oxygen atoms in total. The number of nitrogens with zero attached hydrogens (tertiary/aromatic N) is 2. The van der Waals surface area contributed by atoms with Crippen LogP contribution in [0.5, 0.6) is 0 Å². The number of aromatic carboxylic acids is 1. The molecule has 1 aliphatic rings. The van der Waals surface area contributed by atoms with Gasteiger partial charge in [0.25, 0.3) is 11.8 Å². The molecule has 1 aromatic heterocycles. The van der Waals surface area contributed by atoms with Gasteiger partial charge < -0.3 is 15.3 Å². The minimum atomic E-state index is -1.20. The molecular weight excluding hydrogens is 322 g/mol. The van der Waals surface area contributed by atoms with E-state index in [2.05, 4.69) is 10.3 Å². The first-order valence-corrected chi connectivity index (χ1v) is 7.94. The van der Waals surface area contributed by atoms with Crippen molar-refractivity contribution in [2.24, 2.45) is 0 Å². The lowest BCUT2D eigenvalue weighted by Gasteiger charge is -2.15. The molecule has 128 valence electrons. The second kappa shape index (κ2) is 7.12. The van der Waals surface area contributed by atoms with Crippen molar-refractivity contribution in [1.29, 1.82) is 0 Å². The van der Waals surface area contributed by atoms with Crippen LogP contribution < -0.4 is 5.32 Å². The van der Waals surface area contributed by atoms with E-state index in [1.807, 2.05) is 0 Å². The third kappa shape index (κ3) is 3.82. The van der Waals surface area contributed by atoms with Crippen LogP contribution in [0.25, 0.3) is 0 Å². The number of anilines is 1. The van der Waals surface area contributed by atoms with Crippen LogP contribution in [-0.4, -0.2) is 45.9 Å². The number of benzene rings is 1. The Kier molecular flexibility index (Phi) is 4.74. The SMILES string of the molecule is O=C(Nc1cccc(C(=O)N2CCCC2)c1)c1ccnc(C(=O)O)c1. The molecular formula is C18H17N3O4. The summed E-state index contributed by atoms with van der Waals surface area (Å²) in [5.41, 5.74) is 0.971. The first kappa shape index (κ1) is 16.6. The molecule has 0 aliphatic carbocycles. The number of hydrogen-bond donors (Lipinski definition) is 2. The molecule has 2 N–H and O–H groups in total. The average molecular weight is 339 g/mol. The number of likely N-dealkylation sites (tertiary alicyclic amines) is 1. The Labute approximate surface area is 144 Å². The molecule has 2 heterocycles. The van der Waals surface area contributed by atoms with Crippen LogP contribution in [0.2, 0.25) is 0 Å². The first-order chi connectivity index (χ1) is 12.0. The van der Waals surface area contributed by atoms with Gasteiger partial charge in [0.15, 0.2) is 0 Å². The predicted octanol–water partition coefficient (Wildman–Crippen LogP) is 2.27. The number of rotatable bonds is 4. The summed E-state index contributed by atoms with van der Waals surface area (Å²) in [6.07, 6.45) is 3.29. The number of carbonyl (C=O) groups is 3. The molecule has 0 spiro atoms. The van der Waals surface area contributed by atoms with Gasteiger partial charge in [-0.05, 0) is 43.2 Å². The molecule has 1 aliphatic heterocycles. The fraction of sp³-hybridized carbons (Fsp3) is 0.222. The zero-order valence-corrected chi connectivity index (χ0v) is 13.4. The quantitative estimate of drug-likeness (QED) is 0.890. The number of carboxylic acids is 1. The standard InChI is InChI=1S/C18H17N3O4/c22-16(12-6-7-19-15(11-12)18(24)25)20-14-5-3-4-13(10-14)17(23)21-8-1-2-9-21/h3-7,10-11H,1-2,8-9H2,(H,20,22)(H,24,25). The molecule has 0 unspecified atom stereocenters. The van der Waals surface area contributed by atoms with E-state index in [4.69, 9.17) is 5.11 Å². The Bertz CT molecular complexity index is 829. The zero-order chi connectivity index (χ0) is 17.8. The molecule has 0 bridgehead atoms. The lowest BCUT2D eigenvalue weighted by atomic mass is 10.1. The Hall–Kier alpha value is -3.22. The Morgan fingerprint density at radius 3 is 2.52 bits per heavy atom. The van der Waals surface area contributed by atoms with Crippen molar-refractivity contribution in [3.63, 3.8) is 0 Å². The highest BCUT2D eigenvalue weighted by Gasteiger charge is 2.20. The second-order valence-corrected chi connectivity index (χ2v) is 5.77. The van der Waals surface area contributed by atoms with Gasteiger partial charge in [0.05, 0.1) is 0 Å². The average Bonchev–Trinajstić information content (AvgIpc) is 3.16. The lowest BCUT2D eigenvalue weighted by Crippen LogP contribution is -2.27. The van der Waals surface area contributed by atoms with Gasteiger partial charge in [0.2, 0.25) is 0 Å². The number of pyridine rings is 1. The van der Waals surface area contributed by atoms with Crippen LogP contribution in [0.1, 0.15) is 44.0 Å². The van der Waals surface area contributed by atoms with Crippen LogP contribution >= 0.6 is 0 Å². The Morgan fingerprint density at radius 2 is 1.80 bits per heavy atom. The summed E-state index contributed by atoms with van der Waals surface area (Å²) in [5.74, 6) is -1.71. The third-order valence-electron chi connectivity index (χ3n) is 4.00. The van der Waals surface area contributed by atoms with Crippen molar-refractivity contribution < 1.29 is 19.5 Å². The summed E-state index contributed by atoms with van der Waals surface area (Å²) < 4.78 is 0. The first-order valence-electron chi connectivity index (χ1n) is 7.94. The van der Waals surface area contributed by atoms with E-state index in [9.17, 15) is 14.4 Å². The van der Waals surface area contributed by atoms with Crippen molar-refractivity contribution in [1.82, 2.24) is 9.88 Å². The fourth-order valence-corrected chi connectivity index (χ4v) is 2.72. The van der Waals surface area contributed by atoms with Crippen molar-refractivity contribution in [2.75, 3.05) is 18.4 Å². The topological polar surface area (TPSA) is 99.6 Å². The maximum Gasteiger partial charge on any atom is 0.354 e. The molecule has 2 aromatic rings. The summed E-state index contributed by atoms with van der Waals surface area (Å²) >= 11 is 0. The maximum atomic E-state index is 12.4. The van der Waals surface area contributed by atoms with Crippen LogP contribution in [0.4, 0.5) is 5.69 Å². The number of amides is 2. The third-order valence-corrected chi connectivity index (χ3v) is 4.00. The Balaban J connectivity index is 1.75. The summed E-state index contributed by atoms with van der Waals surface area (Å²) in [6, 6.07) is 9.35. The number of hydrogen-bond acceptors (Lipinski definition) is 4. The van der Waals surface area contributed by atoms with Crippen molar-refractivity contribution in [3.8, 4) is 0 Å². The molecule has 0 atom stereocenters. The highest BCUT2D eigenvalue weighted by Crippen LogP contribution is 2.17. The van der Waals surface area contributed by atoms with E-state index in [1.165, 1.54) is 18.3 Å². The minimum Gasteiger partial charge on any atom is -0.477 e. The molecule has 1 saturated heterocycles. The predicted molar refractivity (Wildman–Crippen MR) is 90.7 cm³/mol. The summed E-state index contributed by atoms with van der Waals surface area (Å²) in [7, 11) is 0. The van der Waals surface area contributed by atoms with Crippen LogP contribution in [-0.2, 0) is 0 Å². The van der Waals surface area contributed by atoms with E-state index in [1.54, 1.807) is 29.2 Å². The van der Waals surface area contributed by atoms with Gasteiger partial charge in [0.1, 0.15) is 5.69 Å². The number of aromatic nitrogens is 1. The van der Waals surface area contributed by atoms with Crippen LogP contribution in [0.15, 0.2) is 42.6 Å². The van der Waals surface area contributed by atoms with Gasteiger partial charge >= 0.3 is 5.97 Å². The van der Waals surface area contributed by atoms with E-state index in [0.29, 0.717) is 11.3 Å². The van der Waals surface area contributed by atoms with Gasteiger partial charge in [-0.2, -0.15) is 0 Å². The maximum absolute atomic E-state index is 12.4. The van der Waals surface area contributed by atoms with E-state index in [-0.39, 0.29) is 17.2 Å². The van der Waals surface area contributed by atoms with Crippen LogP contribution in [0.3, 0.4) is 0 Å². The molecule has 0 radical (unpaired) electrons. The fourth-order valence-electron chi connectivity index (χ4n) is 2.72. The number of carbonyl (C=O) groups excluding carboxylic acids is 2. The number of carboxylic acid groups (broad SMARTS) is 1. The van der Waals surface area contributed by atoms with Crippen molar-refractivity contribution in [2.45, 2.75) is 12.8 Å². The number of nitrogens with one attached hydrogen (secondary N) is 1. The normalized spacial score (nSPS) is 13.5. The molecule has 7 heteroatoms. The van der Waals surface area contributed by atoms with Gasteiger partial charge in [-0.25, -0.2) is 9.78 Å². The van der Waals surface area contributed by atoms with Crippen LogP contribution in [0, 0.1) is 0 Å². The van der Waals surface area contributed by atoms with Crippen molar-refractivity contribution >= 4 is 23.5 Å². The molecule has 3 rings (SSSR count). The lowest BCUT2D eigenvalue weighted by molar-refractivity contribution is 0.0689. The molecule has 1 fully saturated rings. The highest BCUT2D eigenvalue weighted by atomic mass is 16.4. The minimum absolute atomic E-state index is 0.0503. The van der Waals surface area contributed by atoms with Gasteiger partial charge in [0, 0.05) is 36.1 Å². The van der Waals surface area contributed by atoms with Gasteiger partial charge in [-0.1, -0.05) is 6.07 Å². The monoisotopic (exact) mass is 339 g/mol. The summed E-state index contributed by atoms with van der Waals surface area (Å²) in [4.78, 5) is 41.1. The van der Waals surface area contributed by atoms with E-state index < -0.39 is 11.9 Å². The van der Waals surface area contributed by atoms with E-state index >= 15 is 0 Å². The smallest absolute Gasteiger partial charge is 0.354 e. The zero-order valence-electron chi connectivity index (χ0n) is 13.4. The molecule has 1 aromatic carbocycles. The van der Waals surface area contributed by atoms with E-state index in [0.717, 1.165) is 25.9 Å². The second-order valence-electron chi connectivity index (χ2n) is 5.77. The largest absolute Gasteiger partial charge is 0.477 e. The molecule has 0 saturated carbocycles. The van der Waals surface area contributed by atoms with Gasteiger partial charge in [-0.15, -0.1) is 0 Å². The van der Waals surface area contributed by atoms with Gasteiger partial charge in [-0.3, -0.25) is 9.59 Å².